The predicted molar refractivity (Wildman–Crippen MR) is 110 cm³/mol. The maximum Gasteiger partial charge on any atom is 0.231 e. The first kappa shape index (κ1) is 18.1. The summed E-state index contributed by atoms with van der Waals surface area (Å²) in [5.41, 5.74) is 3.40. The number of hydrogen-bond acceptors (Lipinski definition) is 6. The van der Waals surface area contributed by atoms with Crippen LogP contribution in [-0.2, 0) is 12.0 Å². The summed E-state index contributed by atoms with van der Waals surface area (Å²) in [5, 5.41) is 6.69. The number of benzene rings is 2. The van der Waals surface area contributed by atoms with Crippen molar-refractivity contribution >= 4 is 17.5 Å². The zero-order valence-electron chi connectivity index (χ0n) is 16.3. The van der Waals surface area contributed by atoms with Crippen molar-refractivity contribution < 1.29 is 9.47 Å². The van der Waals surface area contributed by atoms with Gasteiger partial charge in [0.1, 0.15) is 5.82 Å². The topological polar surface area (TPSA) is 68.3 Å². The number of aromatic nitrogens is 2. The van der Waals surface area contributed by atoms with Gasteiger partial charge < -0.3 is 20.1 Å². The minimum Gasteiger partial charge on any atom is -0.454 e. The number of para-hydroxylation sites is 1. The lowest BCUT2D eigenvalue weighted by molar-refractivity contribution is 0.174. The zero-order valence-corrected chi connectivity index (χ0v) is 16.3. The average molecular weight is 376 g/mol. The normalized spacial score (nSPS) is 12.7. The lowest BCUT2D eigenvalue weighted by Crippen LogP contribution is -2.14. The standard InChI is InChI=1S/C22H24N4O2/c1-22(2,3)16-6-4-5-7-17(16)25-20-10-11-23-21(26-20)24-13-15-8-9-18-19(12-15)28-14-27-18/h4-12H,13-14H2,1-3H3,(H2,23,24,25,26). The Morgan fingerprint density at radius 3 is 2.68 bits per heavy atom. The lowest BCUT2D eigenvalue weighted by atomic mass is 9.86. The monoisotopic (exact) mass is 376 g/mol. The van der Waals surface area contributed by atoms with Gasteiger partial charge in [0.15, 0.2) is 11.5 Å². The van der Waals surface area contributed by atoms with Crippen molar-refractivity contribution in [1.82, 2.24) is 9.97 Å². The van der Waals surface area contributed by atoms with E-state index >= 15 is 0 Å². The molecule has 1 aliphatic heterocycles. The fourth-order valence-corrected chi connectivity index (χ4v) is 3.13. The fraction of sp³-hybridized carbons (Fsp3) is 0.273. The highest BCUT2D eigenvalue weighted by Crippen LogP contribution is 2.33. The Kier molecular flexibility index (Phi) is 4.77. The van der Waals surface area contributed by atoms with Gasteiger partial charge in [-0.2, -0.15) is 4.98 Å². The highest BCUT2D eigenvalue weighted by molar-refractivity contribution is 5.62. The van der Waals surface area contributed by atoms with E-state index in [1.165, 1.54) is 5.56 Å². The van der Waals surface area contributed by atoms with E-state index < -0.39 is 0 Å². The Morgan fingerprint density at radius 2 is 1.82 bits per heavy atom. The van der Waals surface area contributed by atoms with Crippen LogP contribution in [0.2, 0.25) is 0 Å². The van der Waals surface area contributed by atoms with Gasteiger partial charge in [0, 0.05) is 18.4 Å². The van der Waals surface area contributed by atoms with Crippen LogP contribution in [0.25, 0.3) is 0 Å². The summed E-state index contributed by atoms with van der Waals surface area (Å²) in [7, 11) is 0. The van der Waals surface area contributed by atoms with Crippen molar-refractivity contribution in [1.29, 1.82) is 0 Å². The van der Waals surface area contributed by atoms with Gasteiger partial charge >= 0.3 is 0 Å². The van der Waals surface area contributed by atoms with Gasteiger partial charge in [0.2, 0.25) is 12.7 Å². The largest absolute Gasteiger partial charge is 0.454 e. The summed E-state index contributed by atoms with van der Waals surface area (Å²) < 4.78 is 10.8. The molecule has 0 spiro atoms. The molecule has 0 fully saturated rings. The van der Waals surface area contributed by atoms with Crippen LogP contribution in [0.1, 0.15) is 31.9 Å². The number of nitrogens with one attached hydrogen (secondary N) is 2. The first-order chi connectivity index (χ1) is 13.5. The molecule has 144 valence electrons. The second kappa shape index (κ2) is 7.38. The third kappa shape index (κ3) is 4.01. The molecule has 1 aliphatic rings. The molecular weight excluding hydrogens is 352 g/mol. The van der Waals surface area contributed by atoms with E-state index in [-0.39, 0.29) is 12.2 Å². The summed E-state index contributed by atoms with van der Waals surface area (Å²) in [6, 6.07) is 16.1. The first-order valence-electron chi connectivity index (χ1n) is 9.31. The quantitative estimate of drug-likeness (QED) is 0.663. The minimum atomic E-state index is 0.0387. The van der Waals surface area contributed by atoms with E-state index in [9.17, 15) is 0 Å². The number of rotatable bonds is 5. The van der Waals surface area contributed by atoms with E-state index in [2.05, 4.69) is 59.6 Å². The second-order valence-electron chi connectivity index (χ2n) is 7.73. The molecule has 4 rings (SSSR count). The highest BCUT2D eigenvalue weighted by Gasteiger charge is 2.18. The molecule has 0 atom stereocenters. The van der Waals surface area contributed by atoms with Crippen LogP contribution in [-0.4, -0.2) is 16.8 Å². The van der Waals surface area contributed by atoms with Crippen LogP contribution in [0.4, 0.5) is 17.5 Å². The number of nitrogens with zero attached hydrogens (tertiary/aromatic N) is 2. The van der Waals surface area contributed by atoms with Gasteiger partial charge in [-0.1, -0.05) is 45.0 Å². The molecule has 28 heavy (non-hydrogen) atoms. The summed E-state index contributed by atoms with van der Waals surface area (Å²) in [6.45, 7) is 7.47. The van der Waals surface area contributed by atoms with E-state index in [0.29, 0.717) is 12.5 Å². The summed E-state index contributed by atoms with van der Waals surface area (Å²) >= 11 is 0. The molecule has 0 aliphatic carbocycles. The Morgan fingerprint density at radius 1 is 1.00 bits per heavy atom. The number of fused-ring (bicyclic) bond motifs is 1. The lowest BCUT2D eigenvalue weighted by Gasteiger charge is -2.23. The minimum absolute atomic E-state index is 0.0387. The van der Waals surface area contributed by atoms with Crippen molar-refractivity contribution in [2.45, 2.75) is 32.7 Å². The molecule has 0 saturated heterocycles. The molecule has 0 saturated carbocycles. The number of hydrogen-bond donors (Lipinski definition) is 2. The van der Waals surface area contributed by atoms with Crippen LogP contribution < -0.4 is 20.1 Å². The summed E-state index contributed by atoms with van der Waals surface area (Å²) in [5.74, 6) is 2.87. The van der Waals surface area contributed by atoms with Crippen molar-refractivity contribution in [3.05, 3.63) is 65.9 Å². The van der Waals surface area contributed by atoms with Crippen molar-refractivity contribution in [3.63, 3.8) is 0 Å². The molecule has 0 bridgehead atoms. The number of ether oxygens (including phenoxy) is 2. The van der Waals surface area contributed by atoms with Crippen LogP contribution in [0.3, 0.4) is 0 Å². The molecule has 2 heterocycles. The van der Waals surface area contributed by atoms with Gasteiger partial charge in [-0.05, 0) is 40.8 Å². The second-order valence-corrected chi connectivity index (χ2v) is 7.73. The van der Waals surface area contributed by atoms with E-state index in [1.807, 2.05) is 30.3 Å². The molecular formula is C22H24N4O2. The Balaban J connectivity index is 1.47. The Bertz CT molecular complexity index is 982. The van der Waals surface area contributed by atoms with E-state index in [0.717, 1.165) is 28.6 Å². The molecule has 1 aromatic heterocycles. The Labute approximate surface area is 164 Å². The van der Waals surface area contributed by atoms with Gasteiger partial charge in [-0.15, -0.1) is 0 Å². The van der Waals surface area contributed by atoms with Gasteiger partial charge in [-0.25, -0.2) is 4.98 Å². The molecule has 0 amide bonds. The maximum absolute atomic E-state index is 5.42. The van der Waals surface area contributed by atoms with Gasteiger partial charge in [0.05, 0.1) is 0 Å². The van der Waals surface area contributed by atoms with Crippen LogP contribution in [0.15, 0.2) is 54.7 Å². The molecule has 0 radical (unpaired) electrons. The van der Waals surface area contributed by atoms with E-state index in [1.54, 1.807) is 6.20 Å². The predicted octanol–water partition coefficient (Wildman–Crippen LogP) is 4.86. The molecule has 2 aromatic carbocycles. The molecule has 2 N–H and O–H groups in total. The first-order valence-corrected chi connectivity index (χ1v) is 9.31. The SMILES string of the molecule is CC(C)(C)c1ccccc1Nc1ccnc(NCc2ccc3c(c2)OCO3)n1. The zero-order chi connectivity index (χ0) is 19.6. The average Bonchev–Trinajstić information content (AvgIpc) is 3.14. The van der Waals surface area contributed by atoms with Crippen LogP contribution >= 0.6 is 0 Å². The van der Waals surface area contributed by atoms with Crippen molar-refractivity contribution in [3.8, 4) is 11.5 Å². The molecule has 6 heteroatoms. The molecule has 3 aromatic rings. The van der Waals surface area contributed by atoms with Gasteiger partial charge in [0.25, 0.3) is 0 Å². The van der Waals surface area contributed by atoms with Crippen LogP contribution in [0, 0.1) is 0 Å². The maximum atomic E-state index is 5.42. The smallest absolute Gasteiger partial charge is 0.231 e. The highest BCUT2D eigenvalue weighted by atomic mass is 16.7. The van der Waals surface area contributed by atoms with Gasteiger partial charge in [-0.3, -0.25) is 0 Å². The summed E-state index contributed by atoms with van der Waals surface area (Å²) in [6.07, 6.45) is 1.75. The Hall–Kier alpha value is -3.28. The third-order valence-corrected chi connectivity index (χ3v) is 4.54. The number of anilines is 3. The summed E-state index contributed by atoms with van der Waals surface area (Å²) in [4.78, 5) is 8.91. The van der Waals surface area contributed by atoms with Crippen molar-refractivity contribution in [2.24, 2.45) is 0 Å². The molecule has 6 nitrogen and oxygen atoms in total. The third-order valence-electron chi connectivity index (χ3n) is 4.54. The fourth-order valence-electron chi connectivity index (χ4n) is 3.13. The molecule has 0 unspecified atom stereocenters. The van der Waals surface area contributed by atoms with Crippen LogP contribution in [0.5, 0.6) is 11.5 Å². The van der Waals surface area contributed by atoms with E-state index in [4.69, 9.17) is 9.47 Å². The van der Waals surface area contributed by atoms with Crippen molar-refractivity contribution in [2.75, 3.05) is 17.4 Å².